The molecule has 0 radical (unpaired) electrons. The van der Waals surface area contributed by atoms with Gasteiger partial charge in [-0.2, -0.15) is 0 Å². The molecule has 0 fully saturated rings. The van der Waals surface area contributed by atoms with Gasteiger partial charge in [-0.1, -0.05) is 23.2 Å². The molecular formula is C9H10Cl2FNO. The molecule has 0 amide bonds. The second-order valence-electron chi connectivity index (χ2n) is 3.32. The number of aliphatic hydroxyl groups is 1. The molecule has 0 bridgehead atoms. The van der Waals surface area contributed by atoms with Crippen molar-refractivity contribution in [2.24, 2.45) is 5.73 Å². The smallest absolute Gasteiger partial charge is 0.142 e. The van der Waals surface area contributed by atoms with Gasteiger partial charge in [0, 0.05) is 5.02 Å². The van der Waals surface area contributed by atoms with Crippen LogP contribution >= 0.6 is 23.2 Å². The molecule has 0 aliphatic rings. The fourth-order valence-corrected chi connectivity index (χ4v) is 1.64. The molecule has 1 rings (SSSR count). The Morgan fingerprint density at radius 2 is 2.00 bits per heavy atom. The maximum Gasteiger partial charge on any atom is 0.142 e. The van der Waals surface area contributed by atoms with Gasteiger partial charge in [-0.3, -0.25) is 0 Å². The van der Waals surface area contributed by atoms with E-state index in [1.165, 1.54) is 6.07 Å². The van der Waals surface area contributed by atoms with Crippen molar-refractivity contribution in [1.29, 1.82) is 0 Å². The number of hydrogen-bond donors (Lipinski definition) is 2. The molecule has 0 saturated heterocycles. The van der Waals surface area contributed by atoms with E-state index in [4.69, 9.17) is 34.0 Å². The summed E-state index contributed by atoms with van der Waals surface area (Å²) in [6.07, 6.45) is 0. The van der Waals surface area contributed by atoms with E-state index in [9.17, 15) is 4.39 Å². The van der Waals surface area contributed by atoms with Gasteiger partial charge in [-0.05, 0) is 24.6 Å². The minimum absolute atomic E-state index is 0.0625. The number of benzene rings is 1. The zero-order chi connectivity index (χ0) is 10.9. The van der Waals surface area contributed by atoms with Crippen molar-refractivity contribution >= 4 is 23.2 Å². The van der Waals surface area contributed by atoms with Crippen molar-refractivity contribution in [3.05, 3.63) is 33.6 Å². The number of halogens is 3. The molecule has 0 aliphatic heterocycles. The highest BCUT2D eigenvalue weighted by Crippen LogP contribution is 2.30. The van der Waals surface area contributed by atoms with Gasteiger partial charge in [0.1, 0.15) is 5.82 Å². The lowest BCUT2D eigenvalue weighted by Gasteiger charge is -2.23. The molecule has 0 heterocycles. The zero-order valence-electron chi connectivity index (χ0n) is 7.52. The molecule has 0 aliphatic carbocycles. The van der Waals surface area contributed by atoms with Gasteiger partial charge in [0.2, 0.25) is 0 Å². The maximum atomic E-state index is 13.1. The van der Waals surface area contributed by atoms with Crippen LogP contribution in [0.15, 0.2) is 12.1 Å². The van der Waals surface area contributed by atoms with Gasteiger partial charge >= 0.3 is 0 Å². The Kier molecular flexibility index (Phi) is 3.37. The maximum absolute atomic E-state index is 13.1. The molecule has 0 saturated carbocycles. The van der Waals surface area contributed by atoms with E-state index in [2.05, 4.69) is 0 Å². The Morgan fingerprint density at radius 3 is 2.50 bits per heavy atom. The lowest BCUT2D eigenvalue weighted by atomic mass is 9.94. The zero-order valence-corrected chi connectivity index (χ0v) is 9.03. The van der Waals surface area contributed by atoms with Crippen molar-refractivity contribution in [1.82, 2.24) is 0 Å². The van der Waals surface area contributed by atoms with Crippen molar-refractivity contribution < 1.29 is 9.50 Å². The number of rotatable bonds is 2. The third kappa shape index (κ3) is 2.17. The molecule has 5 heteroatoms. The van der Waals surface area contributed by atoms with E-state index in [1.54, 1.807) is 6.92 Å². The highest BCUT2D eigenvalue weighted by atomic mass is 35.5. The van der Waals surface area contributed by atoms with Crippen molar-refractivity contribution in [2.75, 3.05) is 6.61 Å². The van der Waals surface area contributed by atoms with Crippen molar-refractivity contribution in [3.8, 4) is 0 Å². The van der Waals surface area contributed by atoms with Crippen LogP contribution in [0.25, 0.3) is 0 Å². The summed E-state index contributed by atoms with van der Waals surface area (Å²) < 4.78 is 13.1. The Balaban J connectivity index is 3.29. The molecule has 3 N–H and O–H groups in total. The summed E-state index contributed by atoms with van der Waals surface area (Å²) in [6.45, 7) is 1.23. The van der Waals surface area contributed by atoms with E-state index in [0.717, 1.165) is 6.07 Å². The van der Waals surface area contributed by atoms with Crippen LogP contribution < -0.4 is 5.73 Å². The van der Waals surface area contributed by atoms with Gasteiger partial charge in [0.15, 0.2) is 0 Å². The first kappa shape index (κ1) is 11.7. The second-order valence-corrected chi connectivity index (χ2v) is 4.14. The van der Waals surface area contributed by atoms with Crippen LogP contribution in [0.5, 0.6) is 0 Å². The summed E-state index contributed by atoms with van der Waals surface area (Å²) in [7, 11) is 0. The first-order valence-corrected chi connectivity index (χ1v) is 4.69. The fraction of sp³-hybridized carbons (Fsp3) is 0.333. The van der Waals surface area contributed by atoms with Crippen LogP contribution in [0.3, 0.4) is 0 Å². The largest absolute Gasteiger partial charge is 0.394 e. The summed E-state index contributed by atoms with van der Waals surface area (Å²) in [6, 6.07) is 2.41. The van der Waals surface area contributed by atoms with Gasteiger partial charge in [0.05, 0.1) is 17.2 Å². The minimum atomic E-state index is -1.07. The van der Waals surface area contributed by atoms with Gasteiger partial charge in [-0.15, -0.1) is 0 Å². The summed E-state index contributed by atoms with van der Waals surface area (Å²) in [5.41, 5.74) is 4.98. The normalized spacial score (nSPS) is 15.3. The summed E-state index contributed by atoms with van der Waals surface area (Å²) in [4.78, 5) is 0. The number of aliphatic hydroxyl groups excluding tert-OH is 1. The fourth-order valence-electron chi connectivity index (χ4n) is 1.05. The van der Waals surface area contributed by atoms with Gasteiger partial charge in [-0.25, -0.2) is 4.39 Å². The Bertz CT molecular complexity index is 355. The molecule has 1 atom stereocenters. The highest BCUT2D eigenvalue weighted by Gasteiger charge is 2.24. The molecule has 1 aromatic rings. The summed E-state index contributed by atoms with van der Waals surface area (Å²) in [5, 5.41) is 9.18. The van der Waals surface area contributed by atoms with E-state index in [-0.39, 0.29) is 16.7 Å². The standard InChI is InChI=1S/C9H10Cl2FNO/c1-9(13,4-14)5-2-8(12)7(11)3-6(5)10/h2-3,14H,4,13H2,1H3/t9-/m1/s1. The Morgan fingerprint density at radius 1 is 1.43 bits per heavy atom. The Labute approximate surface area is 91.4 Å². The van der Waals surface area contributed by atoms with E-state index in [0.29, 0.717) is 5.56 Å². The topological polar surface area (TPSA) is 46.2 Å². The van der Waals surface area contributed by atoms with Crippen LogP contribution in [-0.2, 0) is 5.54 Å². The number of hydrogen-bond acceptors (Lipinski definition) is 2. The number of nitrogens with two attached hydrogens (primary N) is 1. The summed E-state index contributed by atoms with van der Waals surface area (Å²) >= 11 is 11.3. The molecule has 0 spiro atoms. The predicted octanol–water partition coefficient (Wildman–Crippen LogP) is 2.30. The lowest BCUT2D eigenvalue weighted by molar-refractivity contribution is 0.210. The van der Waals surface area contributed by atoms with Crippen LogP contribution in [0.1, 0.15) is 12.5 Å². The summed E-state index contributed by atoms with van der Waals surface area (Å²) in [5.74, 6) is -0.601. The van der Waals surface area contributed by atoms with E-state index >= 15 is 0 Å². The Hall–Kier alpha value is -0.350. The molecule has 1 aromatic carbocycles. The quantitative estimate of drug-likeness (QED) is 0.776. The van der Waals surface area contributed by atoms with E-state index in [1.807, 2.05) is 0 Å². The van der Waals surface area contributed by atoms with E-state index < -0.39 is 11.4 Å². The third-order valence-electron chi connectivity index (χ3n) is 1.95. The van der Waals surface area contributed by atoms with Crippen molar-refractivity contribution in [2.45, 2.75) is 12.5 Å². The van der Waals surface area contributed by atoms with Gasteiger partial charge < -0.3 is 10.8 Å². The van der Waals surface area contributed by atoms with Crippen molar-refractivity contribution in [3.63, 3.8) is 0 Å². The molecule has 0 unspecified atom stereocenters. The van der Waals surface area contributed by atoms with Crippen LogP contribution in [0.4, 0.5) is 4.39 Å². The monoisotopic (exact) mass is 237 g/mol. The first-order valence-electron chi connectivity index (χ1n) is 3.93. The highest BCUT2D eigenvalue weighted by molar-refractivity contribution is 6.35. The molecule has 0 aromatic heterocycles. The third-order valence-corrected chi connectivity index (χ3v) is 2.56. The van der Waals surface area contributed by atoms with Gasteiger partial charge in [0.25, 0.3) is 0 Å². The second kappa shape index (κ2) is 4.03. The van der Waals surface area contributed by atoms with Crippen LogP contribution in [0.2, 0.25) is 10.0 Å². The minimum Gasteiger partial charge on any atom is -0.394 e. The average Bonchev–Trinajstić information content (AvgIpc) is 2.11. The molecule has 2 nitrogen and oxygen atoms in total. The molecular weight excluding hydrogens is 228 g/mol. The van der Waals surface area contributed by atoms with Crippen LogP contribution in [-0.4, -0.2) is 11.7 Å². The molecule has 14 heavy (non-hydrogen) atoms. The lowest BCUT2D eigenvalue weighted by Crippen LogP contribution is -2.37. The molecule has 78 valence electrons. The predicted molar refractivity (Wildman–Crippen MR) is 55.0 cm³/mol. The average molecular weight is 238 g/mol. The SMILES string of the molecule is C[C@@](N)(CO)c1cc(F)c(Cl)cc1Cl. The van der Waals surface area contributed by atoms with Crippen LogP contribution in [0, 0.1) is 5.82 Å². The first-order chi connectivity index (χ1) is 6.38.